The van der Waals surface area contributed by atoms with Crippen molar-refractivity contribution in [2.45, 2.75) is 56.3 Å². The Balaban J connectivity index is 2.44. The van der Waals surface area contributed by atoms with E-state index in [4.69, 9.17) is 4.74 Å². The van der Waals surface area contributed by atoms with Crippen LogP contribution in [0.2, 0.25) is 0 Å². The van der Waals surface area contributed by atoms with E-state index in [-0.39, 0.29) is 24.2 Å². The van der Waals surface area contributed by atoms with Gasteiger partial charge in [-0.2, -0.15) is 18.3 Å². The maximum atomic E-state index is 12.9. The van der Waals surface area contributed by atoms with Crippen LogP contribution in [0.3, 0.4) is 0 Å². The van der Waals surface area contributed by atoms with Crippen molar-refractivity contribution in [2.24, 2.45) is 7.05 Å². The summed E-state index contributed by atoms with van der Waals surface area (Å²) < 4.78 is 68.4. The Morgan fingerprint density at radius 1 is 1.28 bits per heavy atom. The molecule has 0 N–H and O–H groups in total. The summed E-state index contributed by atoms with van der Waals surface area (Å²) in [4.78, 5) is 13.6. The third-order valence-corrected chi connectivity index (χ3v) is 5.40. The predicted molar refractivity (Wildman–Crippen MR) is 81.5 cm³/mol. The fraction of sp³-hybridized carbons (Fsp3) is 0.714. The molecule has 1 aromatic rings. The smallest absolute Gasteiger partial charge is 0.444 e. The fourth-order valence-electron chi connectivity index (χ4n) is 2.73. The Kier molecular flexibility index (Phi) is 4.60. The van der Waals surface area contributed by atoms with E-state index in [1.807, 2.05) is 0 Å². The minimum Gasteiger partial charge on any atom is -0.444 e. The van der Waals surface area contributed by atoms with Crippen LogP contribution in [0.5, 0.6) is 0 Å². The van der Waals surface area contributed by atoms with E-state index in [0.29, 0.717) is 4.68 Å². The lowest BCUT2D eigenvalue weighted by Gasteiger charge is -2.34. The molecule has 0 aliphatic carbocycles. The van der Waals surface area contributed by atoms with Gasteiger partial charge in [0.05, 0.1) is 11.7 Å². The molecule has 0 saturated carbocycles. The number of hydrogen-bond acceptors (Lipinski definition) is 5. The average molecular weight is 383 g/mol. The Morgan fingerprint density at radius 2 is 1.84 bits per heavy atom. The lowest BCUT2D eigenvalue weighted by Crippen LogP contribution is -2.42. The number of nitrogens with zero attached hydrogens (tertiary/aromatic N) is 3. The summed E-state index contributed by atoms with van der Waals surface area (Å²) in [5.74, 6) is 0. The van der Waals surface area contributed by atoms with Crippen molar-refractivity contribution >= 4 is 15.9 Å². The summed E-state index contributed by atoms with van der Waals surface area (Å²) in [5, 5.41) is 3.06. The maximum Gasteiger partial charge on any atom is 0.503 e. The second-order valence-electron chi connectivity index (χ2n) is 6.84. The molecular weight excluding hydrogens is 363 g/mol. The van der Waals surface area contributed by atoms with Gasteiger partial charge in [-0.1, -0.05) is 0 Å². The molecule has 2 heterocycles. The van der Waals surface area contributed by atoms with Crippen molar-refractivity contribution in [1.82, 2.24) is 14.7 Å². The largest absolute Gasteiger partial charge is 0.503 e. The fourth-order valence-corrected chi connectivity index (χ4v) is 3.87. The van der Waals surface area contributed by atoms with Gasteiger partial charge in [0.15, 0.2) is 5.03 Å². The lowest BCUT2D eigenvalue weighted by molar-refractivity contribution is -0.0440. The number of ether oxygens (including phenoxy) is 1. The number of halogens is 3. The zero-order chi connectivity index (χ0) is 19.4. The minimum atomic E-state index is -5.53. The predicted octanol–water partition coefficient (Wildman–Crippen LogP) is 2.57. The van der Waals surface area contributed by atoms with Crippen LogP contribution in [0.1, 0.15) is 45.0 Å². The summed E-state index contributed by atoms with van der Waals surface area (Å²) in [6.07, 6.45) is -0.686. The van der Waals surface area contributed by atoms with Crippen LogP contribution in [0.15, 0.2) is 5.03 Å². The van der Waals surface area contributed by atoms with Crippen LogP contribution in [0.4, 0.5) is 18.0 Å². The van der Waals surface area contributed by atoms with Gasteiger partial charge in [0, 0.05) is 19.2 Å². The molecule has 0 radical (unpaired) electrons. The molecule has 0 aromatic carbocycles. The molecule has 11 heteroatoms. The Morgan fingerprint density at radius 3 is 2.32 bits per heavy atom. The molecule has 1 atom stereocenters. The van der Waals surface area contributed by atoms with Crippen molar-refractivity contribution in [1.29, 1.82) is 0 Å². The van der Waals surface area contributed by atoms with Gasteiger partial charge in [0.2, 0.25) is 0 Å². The quantitative estimate of drug-likeness (QED) is 0.745. The van der Waals surface area contributed by atoms with Crippen LogP contribution in [-0.2, 0) is 28.0 Å². The van der Waals surface area contributed by atoms with Gasteiger partial charge >= 0.3 is 11.6 Å². The Hall–Kier alpha value is -1.78. The number of hydrogen-bond donors (Lipinski definition) is 0. The highest BCUT2D eigenvalue weighted by Gasteiger charge is 2.51. The Bertz CT molecular complexity index is 793. The first-order chi connectivity index (χ1) is 11.2. The number of sulfone groups is 1. The van der Waals surface area contributed by atoms with Gasteiger partial charge in [0.25, 0.3) is 9.84 Å². The highest BCUT2D eigenvalue weighted by molar-refractivity contribution is 7.92. The van der Waals surface area contributed by atoms with Crippen molar-refractivity contribution in [3.05, 3.63) is 11.3 Å². The summed E-state index contributed by atoms with van der Waals surface area (Å²) >= 11 is 0. The third-order valence-electron chi connectivity index (χ3n) is 3.77. The van der Waals surface area contributed by atoms with Crippen LogP contribution in [0, 0.1) is 0 Å². The van der Waals surface area contributed by atoms with Crippen molar-refractivity contribution in [3.8, 4) is 0 Å². The number of aryl methyl sites for hydroxylation is 1. The SMILES string of the molecule is CC1c2nn(C)c(S(=O)(=O)C(F)(F)F)c2CCN1C(=O)OC(C)(C)C. The van der Waals surface area contributed by atoms with E-state index in [2.05, 4.69) is 5.10 Å². The molecule has 0 spiro atoms. The number of amides is 1. The van der Waals surface area contributed by atoms with E-state index in [1.54, 1.807) is 27.7 Å². The summed E-state index contributed by atoms with van der Waals surface area (Å²) in [6, 6.07) is -0.706. The summed E-state index contributed by atoms with van der Waals surface area (Å²) in [6.45, 7) is 6.69. The standard InChI is InChI=1S/C14H20F3N3O4S/c1-8-10-9(6-7-20(8)12(21)24-13(2,3)4)11(19(5)18-10)25(22,23)14(15,16)17/h8H,6-7H2,1-5H3. The topological polar surface area (TPSA) is 81.5 Å². The molecule has 142 valence electrons. The number of carbonyl (C=O) groups is 1. The molecule has 0 bridgehead atoms. The van der Waals surface area contributed by atoms with Crippen LogP contribution >= 0.6 is 0 Å². The molecule has 0 fully saturated rings. The normalized spacial score (nSPS) is 18.9. The zero-order valence-electron chi connectivity index (χ0n) is 14.5. The lowest BCUT2D eigenvalue weighted by atomic mass is 10.0. The number of alkyl halides is 3. The molecule has 7 nitrogen and oxygen atoms in total. The minimum absolute atomic E-state index is 0.00728. The van der Waals surface area contributed by atoms with Gasteiger partial charge in [0.1, 0.15) is 5.60 Å². The molecule has 1 aliphatic rings. The van der Waals surface area contributed by atoms with Gasteiger partial charge in [-0.15, -0.1) is 0 Å². The molecule has 1 aromatic heterocycles. The van der Waals surface area contributed by atoms with Crippen molar-refractivity contribution in [3.63, 3.8) is 0 Å². The van der Waals surface area contributed by atoms with Gasteiger partial charge in [-0.3, -0.25) is 9.58 Å². The van der Waals surface area contributed by atoms with Crippen molar-refractivity contribution in [2.75, 3.05) is 6.54 Å². The van der Waals surface area contributed by atoms with E-state index in [9.17, 15) is 26.4 Å². The molecular formula is C14H20F3N3O4S. The van der Waals surface area contributed by atoms with E-state index in [0.717, 1.165) is 7.05 Å². The average Bonchev–Trinajstić information content (AvgIpc) is 2.73. The third kappa shape index (κ3) is 3.46. The van der Waals surface area contributed by atoms with Crippen LogP contribution < -0.4 is 0 Å². The maximum absolute atomic E-state index is 12.9. The molecule has 0 saturated heterocycles. The number of aromatic nitrogens is 2. The first-order valence-electron chi connectivity index (χ1n) is 7.53. The zero-order valence-corrected chi connectivity index (χ0v) is 15.3. The summed E-state index contributed by atoms with van der Waals surface area (Å²) in [5.41, 5.74) is -6.03. The van der Waals surface area contributed by atoms with Crippen molar-refractivity contribution < 1.29 is 31.1 Å². The van der Waals surface area contributed by atoms with Crippen LogP contribution in [0.25, 0.3) is 0 Å². The van der Waals surface area contributed by atoms with E-state index >= 15 is 0 Å². The molecule has 1 amide bonds. The first kappa shape index (κ1) is 19.5. The molecule has 2 rings (SSSR count). The van der Waals surface area contributed by atoms with Crippen LogP contribution in [-0.4, -0.2) is 46.8 Å². The van der Waals surface area contributed by atoms with Gasteiger partial charge in [-0.05, 0) is 34.1 Å². The van der Waals surface area contributed by atoms with E-state index < -0.39 is 38.1 Å². The van der Waals surface area contributed by atoms with Gasteiger partial charge < -0.3 is 4.74 Å². The second-order valence-corrected chi connectivity index (χ2v) is 8.70. The first-order valence-corrected chi connectivity index (χ1v) is 9.02. The number of rotatable bonds is 1. The second kappa shape index (κ2) is 5.89. The van der Waals surface area contributed by atoms with E-state index in [1.165, 1.54) is 4.90 Å². The molecule has 25 heavy (non-hydrogen) atoms. The highest BCUT2D eigenvalue weighted by atomic mass is 32.2. The molecule has 1 aliphatic heterocycles. The highest BCUT2D eigenvalue weighted by Crippen LogP contribution is 2.38. The van der Waals surface area contributed by atoms with Gasteiger partial charge in [-0.25, -0.2) is 13.2 Å². The molecule has 1 unspecified atom stereocenters. The monoisotopic (exact) mass is 383 g/mol. The number of carbonyl (C=O) groups excluding carboxylic acids is 1. The summed E-state index contributed by atoms with van der Waals surface area (Å²) in [7, 11) is -4.39. The number of fused-ring (bicyclic) bond motifs is 1. The Labute approximate surface area is 143 Å².